The molecule has 0 aliphatic rings. The van der Waals surface area contributed by atoms with E-state index in [1.165, 1.54) is 11.5 Å². The first-order valence-electron chi connectivity index (χ1n) is 6.18. The fourth-order valence-electron chi connectivity index (χ4n) is 1.99. The second-order valence-corrected chi connectivity index (χ2v) is 4.34. The first kappa shape index (κ1) is 13.4. The minimum absolute atomic E-state index is 0.119. The molecule has 0 spiro atoms. The molecule has 1 aromatic carbocycles. The van der Waals surface area contributed by atoms with Crippen LogP contribution in [-0.2, 0) is 17.8 Å². The predicted molar refractivity (Wildman–Crippen MR) is 71.9 cm³/mol. The molecule has 6 heteroatoms. The highest BCUT2D eigenvalue weighted by Gasteiger charge is 2.09. The Hall–Kier alpha value is -2.08. The molecule has 6 nitrogen and oxygen atoms in total. The molecule has 0 bridgehead atoms. The van der Waals surface area contributed by atoms with E-state index in [4.69, 9.17) is 10.2 Å². The summed E-state index contributed by atoms with van der Waals surface area (Å²) < 4.78 is 6.71. The van der Waals surface area contributed by atoms with Gasteiger partial charge in [-0.15, -0.1) is 0 Å². The molecule has 1 heterocycles. The monoisotopic (exact) mass is 263 g/mol. The van der Waals surface area contributed by atoms with E-state index in [9.17, 15) is 9.59 Å². The molecule has 0 atom stereocenters. The van der Waals surface area contributed by atoms with Gasteiger partial charge in [0.1, 0.15) is 0 Å². The summed E-state index contributed by atoms with van der Waals surface area (Å²) in [4.78, 5) is 22.5. The standard InChI is InChI=1S/C13H17N3O3/c1-9(17)15-6-7-16-11-3-2-10(4-5-14)8-12(11)19-13(16)18/h2-3,8H,4-7,14H2,1H3,(H,15,17). The van der Waals surface area contributed by atoms with Crippen molar-refractivity contribution in [1.29, 1.82) is 0 Å². The van der Waals surface area contributed by atoms with Crippen molar-refractivity contribution in [3.05, 3.63) is 34.3 Å². The van der Waals surface area contributed by atoms with E-state index in [1.807, 2.05) is 18.2 Å². The summed E-state index contributed by atoms with van der Waals surface area (Å²) in [6, 6.07) is 5.61. The highest BCUT2D eigenvalue weighted by atomic mass is 16.4. The summed E-state index contributed by atoms with van der Waals surface area (Å²) in [5, 5.41) is 2.65. The van der Waals surface area contributed by atoms with Crippen LogP contribution in [0.3, 0.4) is 0 Å². The Morgan fingerprint density at radius 2 is 2.26 bits per heavy atom. The average Bonchev–Trinajstić information content (AvgIpc) is 2.65. The van der Waals surface area contributed by atoms with E-state index in [0.717, 1.165) is 17.5 Å². The number of hydrogen-bond acceptors (Lipinski definition) is 4. The molecule has 19 heavy (non-hydrogen) atoms. The smallest absolute Gasteiger partial charge is 0.408 e. The number of hydrogen-bond donors (Lipinski definition) is 2. The summed E-state index contributed by atoms with van der Waals surface area (Å²) in [6.45, 7) is 2.78. The maximum atomic E-state index is 11.7. The third-order valence-electron chi connectivity index (χ3n) is 2.88. The normalized spacial score (nSPS) is 10.8. The average molecular weight is 263 g/mol. The predicted octanol–water partition coefficient (Wildman–Crippen LogP) is 0.232. The zero-order valence-electron chi connectivity index (χ0n) is 10.8. The molecule has 0 saturated carbocycles. The number of fused-ring (bicyclic) bond motifs is 1. The lowest BCUT2D eigenvalue weighted by Gasteiger charge is -2.03. The van der Waals surface area contributed by atoms with Crippen molar-refractivity contribution in [3.8, 4) is 0 Å². The fourth-order valence-corrected chi connectivity index (χ4v) is 1.99. The van der Waals surface area contributed by atoms with Gasteiger partial charge in [-0.2, -0.15) is 0 Å². The molecule has 0 saturated heterocycles. The van der Waals surface area contributed by atoms with Crippen LogP contribution < -0.4 is 16.8 Å². The van der Waals surface area contributed by atoms with Gasteiger partial charge in [-0.05, 0) is 30.7 Å². The van der Waals surface area contributed by atoms with Crippen LogP contribution in [0.2, 0.25) is 0 Å². The molecule has 0 aliphatic carbocycles. The molecule has 102 valence electrons. The number of oxazole rings is 1. The zero-order chi connectivity index (χ0) is 13.8. The van der Waals surface area contributed by atoms with Gasteiger partial charge >= 0.3 is 5.76 Å². The van der Waals surface area contributed by atoms with E-state index < -0.39 is 5.76 Å². The Bertz CT molecular complexity index is 642. The zero-order valence-corrected chi connectivity index (χ0v) is 10.8. The summed E-state index contributed by atoms with van der Waals surface area (Å²) in [5.74, 6) is -0.531. The summed E-state index contributed by atoms with van der Waals surface area (Å²) in [6.07, 6.45) is 0.747. The van der Waals surface area contributed by atoms with Crippen molar-refractivity contribution in [2.45, 2.75) is 19.9 Å². The Kier molecular flexibility index (Phi) is 4.01. The fraction of sp³-hybridized carbons (Fsp3) is 0.385. The number of carbonyl (C=O) groups excluding carboxylic acids is 1. The van der Waals surface area contributed by atoms with Crippen molar-refractivity contribution in [3.63, 3.8) is 0 Å². The van der Waals surface area contributed by atoms with E-state index in [-0.39, 0.29) is 5.91 Å². The second-order valence-electron chi connectivity index (χ2n) is 4.34. The van der Waals surface area contributed by atoms with Gasteiger partial charge in [0, 0.05) is 20.0 Å². The molecular formula is C13H17N3O3. The second kappa shape index (κ2) is 5.71. The third kappa shape index (κ3) is 3.03. The van der Waals surface area contributed by atoms with Crippen molar-refractivity contribution in [2.24, 2.45) is 5.73 Å². The van der Waals surface area contributed by atoms with Gasteiger partial charge in [0.15, 0.2) is 5.58 Å². The summed E-state index contributed by atoms with van der Waals surface area (Å²) in [5.41, 5.74) is 7.82. The molecule has 0 radical (unpaired) electrons. The van der Waals surface area contributed by atoms with Crippen LogP contribution in [0.25, 0.3) is 11.1 Å². The topological polar surface area (TPSA) is 90.3 Å². The van der Waals surface area contributed by atoms with Crippen LogP contribution in [0.15, 0.2) is 27.4 Å². The minimum Gasteiger partial charge on any atom is -0.408 e. The third-order valence-corrected chi connectivity index (χ3v) is 2.88. The molecule has 2 aromatic rings. The summed E-state index contributed by atoms with van der Waals surface area (Å²) >= 11 is 0. The quantitative estimate of drug-likeness (QED) is 0.808. The highest BCUT2D eigenvalue weighted by Crippen LogP contribution is 2.15. The Balaban J connectivity index is 2.26. The molecule has 3 N–H and O–H groups in total. The lowest BCUT2D eigenvalue weighted by molar-refractivity contribution is -0.118. The van der Waals surface area contributed by atoms with Gasteiger partial charge in [-0.25, -0.2) is 4.79 Å². The van der Waals surface area contributed by atoms with E-state index >= 15 is 0 Å². The number of nitrogens with two attached hydrogens (primary N) is 1. The number of nitrogens with one attached hydrogen (secondary N) is 1. The molecule has 0 fully saturated rings. The first-order valence-corrected chi connectivity index (χ1v) is 6.18. The van der Waals surface area contributed by atoms with E-state index in [1.54, 1.807) is 0 Å². The number of rotatable bonds is 5. The van der Waals surface area contributed by atoms with Crippen molar-refractivity contribution in [1.82, 2.24) is 9.88 Å². The number of aromatic nitrogens is 1. The molecule has 0 aliphatic heterocycles. The number of amides is 1. The van der Waals surface area contributed by atoms with Crippen LogP contribution in [-0.4, -0.2) is 23.6 Å². The Morgan fingerprint density at radius 1 is 1.47 bits per heavy atom. The number of nitrogens with zero attached hydrogens (tertiary/aromatic N) is 1. The lowest BCUT2D eigenvalue weighted by Crippen LogP contribution is -2.27. The van der Waals surface area contributed by atoms with Gasteiger partial charge in [0.05, 0.1) is 5.52 Å². The van der Waals surface area contributed by atoms with Gasteiger partial charge in [-0.3, -0.25) is 9.36 Å². The van der Waals surface area contributed by atoms with Gasteiger partial charge in [0.2, 0.25) is 5.91 Å². The van der Waals surface area contributed by atoms with Gasteiger partial charge < -0.3 is 15.5 Å². The molecule has 2 rings (SSSR count). The van der Waals surface area contributed by atoms with E-state index in [2.05, 4.69) is 5.32 Å². The largest absolute Gasteiger partial charge is 0.420 e. The minimum atomic E-state index is -0.412. The van der Waals surface area contributed by atoms with Gasteiger partial charge in [-0.1, -0.05) is 6.07 Å². The Labute approximate surface area is 110 Å². The maximum Gasteiger partial charge on any atom is 0.420 e. The number of carbonyl (C=O) groups is 1. The van der Waals surface area contributed by atoms with Crippen LogP contribution in [0.1, 0.15) is 12.5 Å². The Morgan fingerprint density at radius 3 is 2.95 bits per heavy atom. The SMILES string of the molecule is CC(=O)NCCn1c(=O)oc2cc(CCN)ccc21. The van der Waals surface area contributed by atoms with Crippen molar-refractivity contribution in [2.75, 3.05) is 13.1 Å². The lowest BCUT2D eigenvalue weighted by atomic mass is 10.1. The van der Waals surface area contributed by atoms with Crippen molar-refractivity contribution >= 4 is 17.0 Å². The summed E-state index contributed by atoms with van der Waals surface area (Å²) in [7, 11) is 0. The van der Waals surface area contributed by atoms with Crippen LogP contribution in [0, 0.1) is 0 Å². The molecule has 1 amide bonds. The first-order chi connectivity index (χ1) is 9.11. The maximum absolute atomic E-state index is 11.7. The molecule has 0 unspecified atom stereocenters. The highest BCUT2D eigenvalue weighted by molar-refractivity contribution is 5.74. The van der Waals surface area contributed by atoms with Crippen LogP contribution in [0.4, 0.5) is 0 Å². The van der Waals surface area contributed by atoms with Gasteiger partial charge in [0.25, 0.3) is 0 Å². The van der Waals surface area contributed by atoms with Crippen LogP contribution >= 0.6 is 0 Å². The molecular weight excluding hydrogens is 246 g/mol. The molecule has 1 aromatic heterocycles. The van der Waals surface area contributed by atoms with Crippen LogP contribution in [0.5, 0.6) is 0 Å². The number of benzene rings is 1. The van der Waals surface area contributed by atoms with Crippen molar-refractivity contribution < 1.29 is 9.21 Å². The van der Waals surface area contributed by atoms with E-state index in [0.29, 0.717) is 25.2 Å².